The Bertz CT molecular complexity index is 1120. The lowest BCUT2D eigenvalue weighted by Gasteiger charge is -2.40. The second kappa shape index (κ2) is 9.34. The van der Waals surface area contributed by atoms with Crippen molar-refractivity contribution in [3.05, 3.63) is 69.3 Å². The van der Waals surface area contributed by atoms with Crippen LogP contribution in [0.2, 0.25) is 0 Å². The van der Waals surface area contributed by atoms with E-state index >= 15 is 0 Å². The number of aryl methyl sites for hydroxylation is 2. The summed E-state index contributed by atoms with van der Waals surface area (Å²) in [6, 6.07) is 4.15. The molecule has 0 amide bonds. The van der Waals surface area contributed by atoms with E-state index in [1.807, 2.05) is 39.0 Å². The summed E-state index contributed by atoms with van der Waals surface area (Å²) in [5.41, 5.74) is 7.63. The van der Waals surface area contributed by atoms with Crippen molar-refractivity contribution in [3.63, 3.8) is 0 Å². The summed E-state index contributed by atoms with van der Waals surface area (Å²) >= 11 is 0. The Labute approximate surface area is 202 Å². The second-order valence-electron chi connectivity index (χ2n) is 9.18. The third kappa shape index (κ3) is 3.74. The second-order valence-corrected chi connectivity index (χ2v) is 9.18. The number of ether oxygens (including phenoxy) is 3. The van der Waals surface area contributed by atoms with Crippen molar-refractivity contribution in [2.75, 3.05) is 20.8 Å². The van der Waals surface area contributed by atoms with Crippen molar-refractivity contribution >= 4 is 11.5 Å². The molecule has 1 aromatic rings. The summed E-state index contributed by atoms with van der Waals surface area (Å²) < 4.78 is 16.9. The molecule has 6 heteroatoms. The van der Waals surface area contributed by atoms with Crippen LogP contribution in [0.4, 0.5) is 0 Å². The van der Waals surface area contributed by atoms with Crippen molar-refractivity contribution in [1.82, 2.24) is 4.90 Å². The number of carbonyl (C=O) groups is 1. The Morgan fingerprint density at radius 3 is 2.38 bits per heavy atom. The van der Waals surface area contributed by atoms with Gasteiger partial charge in [-0.25, -0.2) is 0 Å². The lowest BCUT2D eigenvalue weighted by molar-refractivity contribution is -0.145. The van der Waals surface area contributed by atoms with Gasteiger partial charge in [0.25, 0.3) is 0 Å². The molecule has 1 aromatic carbocycles. The molecular weight excluding hydrogens is 430 g/mol. The largest absolute Gasteiger partial charge is 0.507 e. The number of nitrogens with zero attached hydrogens (tertiary/aromatic N) is 1. The summed E-state index contributed by atoms with van der Waals surface area (Å²) in [5, 5.41) is 10.4. The van der Waals surface area contributed by atoms with Gasteiger partial charge in [-0.05, 0) is 92.7 Å². The van der Waals surface area contributed by atoms with Crippen molar-refractivity contribution in [2.24, 2.45) is 5.92 Å². The van der Waals surface area contributed by atoms with E-state index in [0.29, 0.717) is 12.4 Å². The van der Waals surface area contributed by atoms with Gasteiger partial charge in [0.1, 0.15) is 23.5 Å². The SMILES string of the molecule is CCOC(=O)C1C(c2cc(C)c(O)c(C)c2)=C(C)N2C1=C1C=C(OC)C(OC)C=C1CC2CC. The molecule has 3 aliphatic rings. The number of carbonyl (C=O) groups excluding carboxylic acids is 1. The highest BCUT2D eigenvalue weighted by molar-refractivity contribution is 5.96. The number of benzene rings is 1. The fraction of sp³-hybridized carbons (Fsp3) is 0.464. The highest BCUT2D eigenvalue weighted by atomic mass is 16.5. The summed E-state index contributed by atoms with van der Waals surface area (Å²) in [7, 11) is 3.32. The number of phenolic OH excluding ortho intramolecular Hbond substituents is 1. The highest BCUT2D eigenvalue weighted by Crippen LogP contribution is 2.52. The average molecular weight is 466 g/mol. The normalized spacial score (nSPS) is 24.0. The van der Waals surface area contributed by atoms with E-state index in [9.17, 15) is 9.90 Å². The smallest absolute Gasteiger partial charge is 0.319 e. The first kappa shape index (κ1) is 24.1. The lowest BCUT2D eigenvalue weighted by Crippen LogP contribution is -2.39. The molecule has 3 atom stereocenters. The van der Waals surface area contributed by atoms with Crippen LogP contribution >= 0.6 is 0 Å². The van der Waals surface area contributed by atoms with Crippen LogP contribution < -0.4 is 0 Å². The molecule has 0 radical (unpaired) electrons. The maximum Gasteiger partial charge on any atom is 0.319 e. The van der Waals surface area contributed by atoms with Crippen molar-refractivity contribution in [2.45, 2.75) is 59.6 Å². The van der Waals surface area contributed by atoms with Crippen molar-refractivity contribution in [3.8, 4) is 5.75 Å². The molecule has 6 nitrogen and oxygen atoms in total. The molecule has 1 aliphatic carbocycles. The monoisotopic (exact) mass is 465 g/mol. The van der Waals surface area contributed by atoms with Crippen LogP contribution in [-0.4, -0.2) is 48.9 Å². The van der Waals surface area contributed by atoms with Gasteiger partial charge in [0, 0.05) is 30.1 Å². The minimum absolute atomic E-state index is 0.216. The van der Waals surface area contributed by atoms with Crippen molar-refractivity contribution in [1.29, 1.82) is 0 Å². The first-order valence-electron chi connectivity index (χ1n) is 12.0. The summed E-state index contributed by atoms with van der Waals surface area (Å²) in [6.45, 7) is 10.2. The number of esters is 1. The molecule has 0 fully saturated rings. The average Bonchev–Trinajstić information content (AvgIpc) is 3.14. The third-order valence-electron chi connectivity index (χ3n) is 7.22. The number of hydrogen-bond acceptors (Lipinski definition) is 6. The predicted molar refractivity (Wildman–Crippen MR) is 132 cm³/mol. The highest BCUT2D eigenvalue weighted by Gasteiger charge is 2.47. The molecule has 3 unspecified atom stereocenters. The minimum atomic E-state index is -0.565. The van der Waals surface area contributed by atoms with E-state index in [2.05, 4.69) is 24.8 Å². The van der Waals surface area contributed by atoms with Crippen LogP contribution in [-0.2, 0) is 19.0 Å². The first-order valence-corrected chi connectivity index (χ1v) is 12.0. The summed E-state index contributed by atoms with van der Waals surface area (Å²) in [6.07, 6.45) is 5.68. The number of aromatic hydroxyl groups is 1. The molecule has 0 spiro atoms. The van der Waals surface area contributed by atoms with Gasteiger partial charge in [-0.1, -0.05) is 6.92 Å². The molecule has 0 saturated carbocycles. The molecule has 34 heavy (non-hydrogen) atoms. The van der Waals surface area contributed by atoms with Gasteiger partial charge in [-0.3, -0.25) is 4.79 Å². The van der Waals surface area contributed by atoms with Gasteiger partial charge in [-0.15, -0.1) is 0 Å². The van der Waals surface area contributed by atoms with E-state index in [0.717, 1.165) is 52.1 Å². The number of fused-ring (bicyclic) bond motifs is 2. The van der Waals surface area contributed by atoms with E-state index < -0.39 is 5.92 Å². The van der Waals surface area contributed by atoms with E-state index in [-0.39, 0.29) is 23.9 Å². The topological polar surface area (TPSA) is 68.2 Å². The first-order chi connectivity index (χ1) is 16.3. The van der Waals surface area contributed by atoms with E-state index in [4.69, 9.17) is 14.2 Å². The van der Waals surface area contributed by atoms with Gasteiger partial charge < -0.3 is 24.2 Å². The third-order valence-corrected chi connectivity index (χ3v) is 7.22. The van der Waals surface area contributed by atoms with Gasteiger partial charge >= 0.3 is 5.97 Å². The van der Waals surface area contributed by atoms with E-state index in [1.54, 1.807) is 14.2 Å². The zero-order chi connectivity index (χ0) is 24.7. The predicted octanol–water partition coefficient (Wildman–Crippen LogP) is 5.16. The number of allylic oxidation sites excluding steroid dienone is 3. The molecule has 1 N–H and O–H groups in total. The quantitative estimate of drug-likeness (QED) is 0.586. The molecule has 0 saturated heterocycles. The number of phenols is 1. The Hall–Kier alpha value is -2.99. The fourth-order valence-corrected chi connectivity index (χ4v) is 5.61. The van der Waals surface area contributed by atoms with Gasteiger partial charge in [-0.2, -0.15) is 0 Å². The Morgan fingerprint density at radius 1 is 1.15 bits per heavy atom. The van der Waals surface area contributed by atoms with Crippen LogP contribution in [0.25, 0.3) is 5.57 Å². The number of hydrogen-bond donors (Lipinski definition) is 1. The van der Waals surface area contributed by atoms with Crippen LogP contribution in [0.15, 0.2) is 52.6 Å². The summed E-state index contributed by atoms with van der Waals surface area (Å²) in [4.78, 5) is 15.9. The molecule has 0 aromatic heterocycles. The molecular formula is C28H35NO5. The van der Waals surface area contributed by atoms with Crippen molar-refractivity contribution < 1.29 is 24.1 Å². The van der Waals surface area contributed by atoms with Crippen LogP contribution in [0, 0.1) is 19.8 Å². The molecule has 0 bridgehead atoms. The maximum atomic E-state index is 13.5. The maximum absolute atomic E-state index is 13.5. The molecule has 2 aliphatic heterocycles. The van der Waals surface area contributed by atoms with Gasteiger partial charge in [0.2, 0.25) is 0 Å². The molecule has 2 heterocycles. The minimum Gasteiger partial charge on any atom is -0.507 e. The Morgan fingerprint density at radius 2 is 1.82 bits per heavy atom. The van der Waals surface area contributed by atoms with Crippen LogP contribution in [0.1, 0.15) is 50.3 Å². The van der Waals surface area contributed by atoms with Crippen LogP contribution in [0.5, 0.6) is 5.75 Å². The number of methoxy groups -OCH3 is 2. The number of rotatable bonds is 6. The Balaban J connectivity index is 2.00. The van der Waals surface area contributed by atoms with E-state index in [1.165, 1.54) is 5.57 Å². The molecule has 182 valence electrons. The summed E-state index contributed by atoms with van der Waals surface area (Å²) in [5.74, 6) is 0.176. The molecule has 4 rings (SSSR count). The van der Waals surface area contributed by atoms with Gasteiger partial charge in [0.05, 0.1) is 13.7 Å². The van der Waals surface area contributed by atoms with Crippen LogP contribution in [0.3, 0.4) is 0 Å². The lowest BCUT2D eigenvalue weighted by atomic mass is 9.81. The standard InChI is InChI=1S/C28H35NO5/c1-8-20-12-18-13-22(32-6)23(33-7)14-21(18)26-25(28(31)34-9-2)24(17(5)29(20)26)19-10-15(3)27(30)16(4)11-19/h10-11,13-14,20,22,25,30H,8-9,12H2,1-7H3. The Kier molecular flexibility index (Phi) is 6.63. The zero-order valence-corrected chi connectivity index (χ0v) is 21.2. The fourth-order valence-electron chi connectivity index (χ4n) is 5.61. The zero-order valence-electron chi connectivity index (χ0n) is 21.2. The van der Waals surface area contributed by atoms with Gasteiger partial charge in [0.15, 0.2) is 0 Å².